The van der Waals surface area contributed by atoms with Gasteiger partial charge in [-0.05, 0) is 67.9 Å². The monoisotopic (exact) mass is 316 g/mol. The molecule has 23 heavy (non-hydrogen) atoms. The zero-order chi connectivity index (χ0) is 16.1. The number of fused-ring (bicyclic) bond motifs is 1. The van der Waals surface area contributed by atoms with Crippen LogP contribution in [-0.4, -0.2) is 42.0 Å². The SMILES string of the molecule is CCNCCC1CC1CCNCC(=O)N1Cc2ccncc2C1. The molecule has 2 heterocycles. The average molecular weight is 316 g/mol. The van der Waals surface area contributed by atoms with Crippen LogP contribution in [0.2, 0.25) is 0 Å². The van der Waals surface area contributed by atoms with Gasteiger partial charge in [-0.25, -0.2) is 0 Å². The summed E-state index contributed by atoms with van der Waals surface area (Å²) in [7, 11) is 0. The molecule has 2 unspecified atom stereocenters. The van der Waals surface area contributed by atoms with Gasteiger partial charge in [-0.3, -0.25) is 9.78 Å². The first-order valence-electron chi connectivity index (χ1n) is 8.89. The largest absolute Gasteiger partial charge is 0.333 e. The molecule has 0 saturated heterocycles. The van der Waals surface area contributed by atoms with E-state index in [0.29, 0.717) is 13.1 Å². The highest BCUT2D eigenvalue weighted by Crippen LogP contribution is 2.43. The highest BCUT2D eigenvalue weighted by Gasteiger charge is 2.35. The van der Waals surface area contributed by atoms with Crippen LogP contribution in [-0.2, 0) is 17.9 Å². The van der Waals surface area contributed by atoms with Crippen molar-refractivity contribution in [1.82, 2.24) is 20.5 Å². The lowest BCUT2D eigenvalue weighted by atomic mass is 10.2. The third-order valence-electron chi connectivity index (χ3n) is 5.06. The number of carbonyl (C=O) groups excluding carboxylic acids is 1. The van der Waals surface area contributed by atoms with E-state index >= 15 is 0 Å². The molecule has 5 heteroatoms. The van der Waals surface area contributed by atoms with Gasteiger partial charge in [0, 0.05) is 25.5 Å². The lowest BCUT2D eigenvalue weighted by molar-refractivity contribution is -0.130. The van der Waals surface area contributed by atoms with Crippen molar-refractivity contribution in [3.8, 4) is 0 Å². The van der Waals surface area contributed by atoms with Crippen molar-refractivity contribution in [2.75, 3.05) is 26.2 Å². The minimum Gasteiger partial charge on any atom is -0.333 e. The molecular formula is C18H28N4O. The standard InChI is InChI=1S/C18H28N4O/c1-2-19-6-3-14-9-15(14)4-7-21-11-18(23)22-12-16-5-8-20-10-17(16)13-22/h5,8,10,14-15,19,21H,2-4,6-7,9,11-13H2,1H3. The summed E-state index contributed by atoms with van der Waals surface area (Å²) >= 11 is 0. The Labute approximate surface area is 138 Å². The molecule has 0 spiro atoms. The number of hydrogen-bond acceptors (Lipinski definition) is 4. The highest BCUT2D eigenvalue weighted by molar-refractivity contribution is 5.78. The van der Waals surface area contributed by atoms with Gasteiger partial charge in [0.2, 0.25) is 5.91 Å². The first kappa shape index (κ1) is 16.4. The zero-order valence-corrected chi connectivity index (χ0v) is 14.1. The number of rotatable bonds is 9. The molecule has 2 N–H and O–H groups in total. The normalized spacial score (nSPS) is 22.2. The Morgan fingerprint density at radius 2 is 1.96 bits per heavy atom. The second kappa shape index (κ2) is 7.88. The lowest BCUT2D eigenvalue weighted by Gasteiger charge is -2.15. The third-order valence-corrected chi connectivity index (χ3v) is 5.06. The zero-order valence-electron chi connectivity index (χ0n) is 14.1. The second-order valence-corrected chi connectivity index (χ2v) is 6.76. The Morgan fingerprint density at radius 1 is 1.22 bits per heavy atom. The van der Waals surface area contributed by atoms with Crippen LogP contribution in [0.3, 0.4) is 0 Å². The van der Waals surface area contributed by atoms with Gasteiger partial charge < -0.3 is 15.5 Å². The maximum Gasteiger partial charge on any atom is 0.237 e. The maximum atomic E-state index is 12.2. The Morgan fingerprint density at radius 3 is 2.70 bits per heavy atom. The van der Waals surface area contributed by atoms with E-state index in [1.807, 2.05) is 17.2 Å². The summed E-state index contributed by atoms with van der Waals surface area (Å²) in [5.74, 6) is 1.98. The van der Waals surface area contributed by atoms with Gasteiger partial charge in [-0.15, -0.1) is 0 Å². The Kier molecular flexibility index (Phi) is 5.62. The predicted molar refractivity (Wildman–Crippen MR) is 90.7 cm³/mol. The molecule has 2 aliphatic rings. The van der Waals surface area contributed by atoms with Gasteiger partial charge in [0.25, 0.3) is 0 Å². The van der Waals surface area contributed by atoms with Crippen LogP contribution >= 0.6 is 0 Å². The van der Waals surface area contributed by atoms with Crippen LogP contribution in [0.1, 0.15) is 37.3 Å². The van der Waals surface area contributed by atoms with Crippen molar-refractivity contribution in [2.45, 2.75) is 39.3 Å². The average Bonchev–Trinajstić information content (AvgIpc) is 3.16. The second-order valence-electron chi connectivity index (χ2n) is 6.76. The number of pyridine rings is 1. The van der Waals surface area contributed by atoms with Crippen LogP contribution in [0, 0.1) is 11.8 Å². The molecule has 1 aromatic heterocycles. The fourth-order valence-electron chi connectivity index (χ4n) is 3.47. The minimum atomic E-state index is 0.195. The summed E-state index contributed by atoms with van der Waals surface area (Å²) in [6.45, 7) is 7.21. The summed E-state index contributed by atoms with van der Waals surface area (Å²) in [5, 5.41) is 6.72. The van der Waals surface area contributed by atoms with Gasteiger partial charge in [-0.1, -0.05) is 6.92 Å². The van der Waals surface area contributed by atoms with Crippen molar-refractivity contribution in [1.29, 1.82) is 0 Å². The molecule has 1 fully saturated rings. The van der Waals surface area contributed by atoms with Gasteiger partial charge in [0.1, 0.15) is 0 Å². The number of amides is 1. The first-order valence-corrected chi connectivity index (χ1v) is 8.89. The lowest BCUT2D eigenvalue weighted by Crippen LogP contribution is -2.35. The molecule has 126 valence electrons. The molecule has 1 amide bonds. The van der Waals surface area contributed by atoms with Crippen LogP contribution in [0.5, 0.6) is 0 Å². The van der Waals surface area contributed by atoms with Crippen molar-refractivity contribution < 1.29 is 4.79 Å². The van der Waals surface area contributed by atoms with Gasteiger partial charge in [0.15, 0.2) is 0 Å². The van der Waals surface area contributed by atoms with Crippen LogP contribution in [0.15, 0.2) is 18.5 Å². The van der Waals surface area contributed by atoms with Crippen molar-refractivity contribution in [3.05, 3.63) is 29.6 Å². The smallest absolute Gasteiger partial charge is 0.237 e. The molecule has 2 atom stereocenters. The number of aromatic nitrogens is 1. The highest BCUT2D eigenvalue weighted by atomic mass is 16.2. The Bertz CT molecular complexity index is 509. The summed E-state index contributed by atoms with van der Waals surface area (Å²) in [4.78, 5) is 18.3. The van der Waals surface area contributed by atoms with E-state index in [1.165, 1.54) is 30.4 Å². The van der Waals surface area contributed by atoms with E-state index < -0.39 is 0 Å². The molecular weight excluding hydrogens is 288 g/mol. The molecule has 0 aromatic carbocycles. The molecule has 0 bridgehead atoms. The topological polar surface area (TPSA) is 57.3 Å². The van der Waals surface area contributed by atoms with Crippen molar-refractivity contribution in [3.63, 3.8) is 0 Å². The van der Waals surface area contributed by atoms with Crippen molar-refractivity contribution >= 4 is 5.91 Å². The molecule has 1 saturated carbocycles. The molecule has 1 aliphatic carbocycles. The van der Waals surface area contributed by atoms with Crippen molar-refractivity contribution in [2.24, 2.45) is 11.8 Å². The van der Waals surface area contributed by atoms with Crippen LogP contribution in [0.25, 0.3) is 0 Å². The van der Waals surface area contributed by atoms with E-state index in [1.54, 1.807) is 6.20 Å². The van der Waals surface area contributed by atoms with E-state index in [0.717, 1.165) is 38.0 Å². The van der Waals surface area contributed by atoms with Gasteiger partial charge in [-0.2, -0.15) is 0 Å². The third kappa shape index (κ3) is 4.52. The Hall–Kier alpha value is -1.46. The predicted octanol–water partition coefficient (Wildman–Crippen LogP) is 1.54. The number of hydrogen-bond donors (Lipinski definition) is 2. The fraction of sp³-hybridized carbons (Fsp3) is 0.667. The molecule has 3 rings (SSSR count). The van der Waals surface area contributed by atoms with Crippen LogP contribution in [0.4, 0.5) is 0 Å². The minimum absolute atomic E-state index is 0.195. The summed E-state index contributed by atoms with van der Waals surface area (Å²) in [5.41, 5.74) is 2.41. The summed E-state index contributed by atoms with van der Waals surface area (Å²) < 4.78 is 0. The van der Waals surface area contributed by atoms with Crippen LogP contribution < -0.4 is 10.6 Å². The number of nitrogens with zero attached hydrogens (tertiary/aromatic N) is 2. The fourth-order valence-corrected chi connectivity index (χ4v) is 3.47. The number of nitrogens with one attached hydrogen (secondary N) is 2. The molecule has 1 aromatic rings. The number of carbonyl (C=O) groups is 1. The quantitative estimate of drug-likeness (QED) is 0.679. The summed E-state index contributed by atoms with van der Waals surface area (Å²) in [6, 6.07) is 2.01. The summed E-state index contributed by atoms with van der Waals surface area (Å²) in [6.07, 6.45) is 7.55. The van der Waals surface area contributed by atoms with E-state index in [-0.39, 0.29) is 5.91 Å². The molecule has 5 nitrogen and oxygen atoms in total. The van der Waals surface area contributed by atoms with Gasteiger partial charge in [0.05, 0.1) is 6.54 Å². The van der Waals surface area contributed by atoms with Gasteiger partial charge >= 0.3 is 0 Å². The Balaban J connectivity index is 1.27. The maximum absolute atomic E-state index is 12.2. The van der Waals surface area contributed by atoms with E-state index in [9.17, 15) is 4.79 Å². The first-order chi connectivity index (χ1) is 11.3. The molecule has 0 radical (unpaired) electrons. The van der Waals surface area contributed by atoms with E-state index in [2.05, 4.69) is 22.5 Å². The molecule has 1 aliphatic heterocycles. The van der Waals surface area contributed by atoms with E-state index in [4.69, 9.17) is 0 Å².